The molecule has 2 aromatic rings. The third kappa shape index (κ3) is 2.76. The van der Waals surface area contributed by atoms with Gasteiger partial charge in [0, 0.05) is 9.79 Å². The Bertz CT molecular complexity index is 552. The quantitative estimate of drug-likeness (QED) is 0.796. The van der Waals surface area contributed by atoms with Crippen molar-refractivity contribution >= 4 is 29.1 Å². The molecule has 2 aromatic carbocycles. The van der Waals surface area contributed by atoms with Crippen LogP contribution in [0.1, 0.15) is 11.1 Å². The van der Waals surface area contributed by atoms with E-state index >= 15 is 0 Å². The zero-order valence-corrected chi connectivity index (χ0v) is 11.4. The van der Waals surface area contributed by atoms with E-state index in [1.54, 1.807) is 11.8 Å². The van der Waals surface area contributed by atoms with Crippen molar-refractivity contribution in [3.05, 3.63) is 52.5 Å². The van der Waals surface area contributed by atoms with Gasteiger partial charge in [0.1, 0.15) is 0 Å². The van der Waals surface area contributed by atoms with Gasteiger partial charge in [0.05, 0.1) is 10.7 Å². The zero-order valence-electron chi connectivity index (χ0n) is 9.83. The molecule has 0 aliphatic heterocycles. The van der Waals surface area contributed by atoms with Gasteiger partial charge in [-0.1, -0.05) is 47.1 Å². The van der Waals surface area contributed by atoms with E-state index in [-0.39, 0.29) is 0 Å². The fourth-order valence-electron chi connectivity index (χ4n) is 1.64. The monoisotopic (exact) mass is 263 g/mol. The summed E-state index contributed by atoms with van der Waals surface area (Å²) in [5, 5.41) is 0.611. The Morgan fingerprint density at radius 2 is 1.82 bits per heavy atom. The standard InChI is InChI=1S/C14H14ClNS/c1-9-6-7-12(10(2)8-9)17-13-5-3-4-11(15)14(13)16/h3-8H,16H2,1-2H3. The number of nitrogen functional groups attached to an aromatic ring is 1. The van der Waals surface area contributed by atoms with Gasteiger partial charge in [0.25, 0.3) is 0 Å². The maximum Gasteiger partial charge on any atom is 0.0647 e. The second-order valence-electron chi connectivity index (χ2n) is 4.02. The SMILES string of the molecule is Cc1ccc(Sc2cccc(Cl)c2N)c(C)c1. The van der Waals surface area contributed by atoms with Crippen molar-refractivity contribution in [2.24, 2.45) is 0 Å². The van der Waals surface area contributed by atoms with Gasteiger partial charge >= 0.3 is 0 Å². The van der Waals surface area contributed by atoms with E-state index < -0.39 is 0 Å². The van der Waals surface area contributed by atoms with Gasteiger partial charge in [-0.2, -0.15) is 0 Å². The van der Waals surface area contributed by atoms with Crippen molar-refractivity contribution < 1.29 is 0 Å². The molecule has 0 aliphatic carbocycles. The van der Waals surface area contributed by atoms with E-state index in [1.807, 2.05) is 18.2 Å². The Kier molecular flexibility index (Phi) is 3.65. The summed E-state index contributed by atoms with van der Waals surface area (Å²) in [7, 11) is 0. The van der Waals surface area contributed by atoms with Crippen LogP contribution in [0.25, 0.3) is 0 Å². The molecule has 0 radical (unpaired) electrons. The Morgan fingerprint density at radius 3 is 2.53 bits per heavy atom. The van der Waals surface area contributed by atoms with E-state index in [9.17, 15) is 0 Å². The molecule has 2 N–H and O–H groups in total. The number of hydrogen-bond acceptors (Lipinski definition) is 2. The lowest BCUT2D eigenvalue weighted by Crippen LogP contribution is -1.90. The smallest absolute Gasteiger partial charge is 0.0647 e. The molecule has 88 valence electrons. The number of rotatable bonds is 2. The van der Waals surface area contributed by atoms with Crippen LogP contribution in [0.15, 0.2) is 46.2 Å². The van der Waals surface area contributed by atoms with Gasteiger partial charge in [-0.15, -0.1) is 0 Å². The first-order valence-electron chi connectivity index (χ1n) is 5.37. The summed E-state index contributed by atoms with van der Waals surface area (Å²) in [5.41, 5.74) is 9.14. The maximum absolute atomic E-state index is 6.01. The lowest BCUT2D eigenvalue weighted by atomic mass is 10.2. The summed E-state index contributed by atoms with van der Waals surface area (Å²) in [6.45, 7) is 4.20. The van der Waals surface area contributed by atoms with Crippen LogP contribution in [0.3, 0.4) is 0 Å². The van der Waals surface area contributed by atoms with E-state index in [0.717, 1.165) is 4.90 Å². The van der Waals surface area contributed by atoms with E-state index in [1.165, 1.54) is 16.0 Å². The fourth-order valence-corrected chi connectivity index (χ4v) is 2.83. The molecule has 0 heterocycles. The third-order valence-corrected chi connectivity index (χ3v) is 4.15. The average Bonchev–Trinajstić information content (AvgIpc) is 2.28. The molecule has 0 aliphatic rings. The lowest BCUT2D eigenvalue weighted by Gasteiger charge is -2.09. The minimum Gasteiger partial charge on any atom is -0.397 e. The van der Waals surface area contributed by atoms with Crippen LogP contribution < -0.4 is 5.73 Å². The predicted octanol–water partition coefficient (Wildman–Crippen LogP) is 4.69. The second-order valence-corrected chi connectivity index (χ2v) is 5.51. The van der Waals surface area contributed by atoms with E-state index in [0.29, 0.717) is 10.7 Å². The van der Waals surface area contributed by atoms with Crippen LogP contribution in [0.2, 0.25) is 5.02 Å². The van der Waals surface area contributed by atoms with Crippen molar-refractivity contribution in [3.8, 4) is 0 Å². The van der Waals surface area contributed by atoms with Gasteiger partial charge in [-0.25, -0.2) is 0 Å². The highest BCUT2D eigenvalue weighted by molar-refractivity contribution is 7.99. The number of aryl methyl sites for hydroxylation is 2. The zero-order chi connectivity index (χ0) is 12.4. The second kappa shape index (κ2) is 5.03. The van der Waals surface area contributed by atoms with Gasteiger partial charge in [-0.3, -0.25) is 0 Å². The van der Waals surface area contributed by atoms with Crippen LogP contribution in [0.5, 0.6) is 0 Å². The van der Waals surface area contributed by atoms with E-state index in [2.05, 4.69) is 32.0 Å². The Hall–Kier alpha value is -1.12. The van der Waals surface area contributed by atoms with Gasteiger partial charge in [-0.05, 0) is 37.6 Å². The predicted molar refractivity (Wildman–Crippen MR) is 75.9 cm³/mol. The first-order chi connectivity index (χ1) is 8.08. The molecule has 1 nitrogen and oxygen atoms in total. The van der Waals surface area contributed by atoms with Gasteiger partial charge < -0.3 is 5.73 Å². The highest BCUT2D eigenvalue weighted by Crippen LogP contribution is 2.37. The number of benzene rings is 2. The first kappa shape index (κ1) is 12.3. The van der Waals surface area contributed by atoms with E-state index in [4.69, 9.17) is 17.3 Å². The molecule has 0 bridgehead atoms. The molecule has 17 heavy (non-hydrogen) atoms. The number of para-hydroxylation sites is 1. The van der Waals surface area contributed by atoms with Crippen LogP contribution in [0, 0.1) is 13.8 Å². The molecule has 0 atom stereocenters. The summed E-state index contributed by atoms with van der Waals surface area (Å²) < 4.78 is 0. The summed E-state index contributed by atoms with van der Waals surface area (Å²) in [6.07, 6.45) is 0. The van der Waals surface area contributed by atoms with Gasteiger partial charge in [0.2, 0.25) is 0 Å². The van der Waals surface area contributed by atoms with Crippen molar-refractivity contribution in [1.29, 1.82) is 0 Å². The van der Waals surface area contributed by atoms with Crippen LogP contribution in [0.4, 0.5) is 5.69 Å². The van der Waals surface area contributed by atoms with Crippen molar-refractivity contribution in [2.75, 3.05) is 5.73 Å². The van der Waals surface area contributed by atoms with Gasteiger partial charge in [0.15, 0.2) is 0 Å². The van der Waals surface area contributed by atoms with Crippen LogP contribution in [-0.2, 0) is 0 Å². The fraction of sp³-hybridized carbons (Fsp3) is 0.143. The molecule has 0 saturated carbocycles. The normalized spacial score (nSPS) is 10.5. The molecule has 0 spiro atoms. The molecule has 2 rings (SSSR count). The lowest BCUT2D eigenvalue weighted by molar-refractivity contribution is 1.26. The topological polar surface area (TPSA) is 26.0 Å². The molecule has 0 unspecified atom stereocenters. The summed E-state index contributed by atoms with van der Waals surface area (Å²) in [4.78, 5) is 2.22. The molecule has 3 heteroatoms. The number of halogens is 1. The average molecular weight is 264 g/mol. The Labute approximate surface area is 111 Å². The molecule has 0 saturated heterocycles. The summed E-state index contributed by atoms with van der Waals surface area (Å²) >= 11 is 7.66. The summed E-state index contributed by atoms with van der Waals surface area (Å²) in [6, 6.07) is 12.1. The minimum atomic E-state index is 0.611. The molecular formula is C14H14ClNS. The van der Waals surface area contributed by atoms with Crippen LogP contribution in [-0.4, -0.2) is 0 Å². The highest BCUT2D eigenvalue weighted by atomic mass is 35.5. The van der Waals surface area contributed by atoms with Crippen molar-refractivity contribution in [1.82, 2.24) is 0 Å². The highest BCUT2D eigenvalue weighted by Gasteiger charge is 2.06. The first-order valence-corrected chi connectivity index (χ1v) is 6.56. The van der Waals surface area contributed by atoms with Crippen LogP contribution >= 0.6 is 23.4 Å². The molecule has 0 aromatic heterocycles. The minimum absolute atomic E-state index is 0.611. The van der Waals surface area contributed by atoms with Crippen molar-refractivity contribution in [2.45, 2.75) is 23.6 Å². The number of hydrogen-bond donors (Lipinski definition) is 1. The largest absolute Gasteiger partial charge is 0.397 e. The Balaban J connectivity index is 2.35. The molecule has 0 fully saturated rings. The number of anilines is 1. The number of nitrogens with two attached hydrogens (primary N) is 1. The molecular weight excluding hydrogens is 250 g/mol. The Morgan fingerprint density at radius 1 is 1.06 bits per heavy atom. The molecule has 0 amide bonds. The maximum atomic E-state index is 6.01. The third-order valence-electron chi connectivity index (χ3n) is 2.56. The summed E-state index contributed by atoms with van der Waals surface area (Å²) in [5.74, 6) is 0. The van der Waals surface area contributed by atoms with Crippen molar-refractivity contribution in [3.63, 3.8) is 0 Å².